The summed E-state index contributed by atoms with van der Waals surface area (Å²) in [4.78, 5) is 18.4. The molecule has 6 rings (SSSR count). The number of methoxy groups -OCH3 is 2. The molecule has 6 aromatic rings. The van der Waals surface area contributed by atoms with Crippen LogP contribution in [-0.2, 0) is 0 Å². The van der Waals surface area contributed by atoms with Gasteiger partial charge in [0.15, 0.2) is 5.76 Å². The van der Waals surface area contributed by atoms with Gasteiger partial charge < -0.3 is 13.9 Å². The summed E-state index contributed by atoms with van der Waals surface area (Å²) in [6.45, 7) is 0. The van der Waals surface area contributed by atoms with Gasteiger partial charge in [0.05, 0.1) is 36.7 Å². The fourth-order valence-electron chi connectivity index (χ4n) is 4.41. The number of furan rings is 1. The Hall–Kier alpha value is -4.91. The van der Waals surface area contributed by atoms with Crippen LogP contribution in [0, 0.1) is 0 Å². The van der Waals surface area contributed by atoms with Crippen LogP contribution >= 0.6 is 0 Å². The summed E-state index contributed by atoms with van der Waals surface area (Å²) in [5.74, 6) is 2.00. The third-order valence-corrected chi connectivity index (χ3v) is 6.17. The van der Waals surface area contributed by atoms with Crippen molar-refractivity contribution < 1.29 is 13.9 Å². The van der Waals surface area contributed by atoms with Gasteiger partial charge in [0.2, 0.25) is 5.82 Å². The molecule has 0 amide bonds. The van der Waals surface area contributed by atoms with Crippen molar-refractivity contribution >= 4 is 38.9 Å². The Labute approximate surface area is 205 Å². The number of aromatic nitrogens is 2. The summed E-state index contributed by atoms with van der Waals surface area (Å²) in [5.41, 5.74) is 1.63. The normalized spacial score (nSPS) is 11.6. The van der Waals surface area contributed by atoms with Gasteiger partial charge in [0.25, 0.3) is 5.56 Å². The van der Waals surface area contributed by atoms with Gasteiger partial charge in [0.1, 0.15) is 17.1 Å². The molecule has 0 aliphatic heterocycles. The molecule has 7 nitrogen and oxygen atoms in total. The second-order valence-electron chi connectivity index (χ2n) is 8.20. The quantitative estimate of drug-likeness (QED) is 0.292. The van der Waals surface area contributed by atoms with E-state index in [0.29, 0.717) is 33.7 Å². The highest BCUT2D eigenvalue weighted by atomic mass is 16.5. The summed E-state index contributed by atoms with van der Waals surface area (Å²) in [6, 6.07) is 26.4. The number of fused-ring (bicyclic) bond motifs is 3. The average Bonchev–Trinajstić information content (AvgIpc) is 3.37. The van der Waals surface area contributed by atoms with Crippen LogP contribution in [0.4, 0.5) is 0 Å². The zero-order chi connectivity index (χ0) is 24.6. The summed E-state index contributed by atoms with van der Waals surface area (Å²) in [6.07, 6.45) is 1.63. The van der Waals surface area contributed by atoms with Crippen LogP contribution in [0.5, 0.6) is 11.5 Å². The first-order valence-corrected chi connectivity index (χ1v) is 11.4. The number of hydrogen-bond donors (Lipinski definition) is 0. The second-order valence-corrected chi connectivity index (χ2v) is 8.20. The minimum atomic E-state index is -0.307. The molecule has 0 aliphatic carbocycles. The first-order chi connectivity index (χ1) is 17.7. The van der Waals surface area contributed by atoms with Crippen LogP contribution in [0.2, 0.25) is 0 Å². The predicted octanol–water partition coefficient (Wildman–Crippen LogP) is 5.86. The van der Waals surface area contributed by atoms with Gasteiger partial charge in [-0.15, -0.1) is 0 Å². The molecule has 176 valence electrons. The summed E-state index contributed by atoms with van der Waals surface area (Å²) in [7, 11) is 3.21. The lowest BCUT2D eigenvalue weighted by molar-refractivity contribution is 0.415. The van der Waals surface area contributed by atoms with E-state index in [1.54, 1.807) is 38.6 Å². The highest BCUT2D eigenvalue weighted by Gasteiger charge is 2.18. The maximum Gasteiger partial charge on any atom is 0.282 e. The summed E-state index contributed by atoms with van der Waals surface area (Å²) < 4.78 is 18.5. The number of hydrogen-bond acceptors (Lipinski definition) is 6. The van der Waals surface area contributed by atoms with Crippen LogP contribution in [0.1, 0.15) is 5.56 Å². The molecule has 0 aliphatic rings. The van der Waals surface area contributed by atoms with Crippen LogP contribution < -0.4 is 15.0 Å². The molecule has 0 N–H and O–H groups in total. The molecule has 36 heavy (non-hydrogen) atoms. The van der Waals surface area contributed by atoms with Crippen molar-refractivity contribution in [3.63, 3.8) is 0 Å². The second kappa shape index (κ2) is 8.70. The molecular formula is C29H21N3O4. The molecule has 0 unspecified atom stereocenters. The molecule has 0 spiro atoms. The Balaban J connectivity index is 1.61. The Morgan fingerprint density at radius 1 is 0.833 bits per heavy atom. The highest BCUT2D eigenvalue weighted by molar-refractivity contribution is 6.02. The van der Waals surface area contributed by atoms with Crippen LogP contribution in [0.3, 0.4) is 0 Å². The third-order valence-electron chi connectivity index (χ3n) is 6.17. The fraction of sp³-hybridized carbons (Fsp3) is 0.0690. The van der Waals surface area contributed by atoms with Crippen molar-refractivity contribution in [2.75, 3.05) is 14.2 Å². The minimum Gasteiger partial charge on any atom is -0.496 e. The minimum absolute atomic E-state index is 0.285. The highest BCUT2D eigenvalue weighted by Crippen LogP contribution is 2.33. The Morgan fingerprint density at radius 3 is 2.44 bits per heavy atom. The number of ether oxygens (including phenoxy) is 2. The van der Waals surface area contributed by atoms with E-state index in [0.717, 1.165) is 21.7 Å². The van der Waals surface area contributed by atoms with E-state index in [9.17, 15) is 4.79 Å². The number of benzene rings is 4. The fourth-order valence-corrected chi connectivity index (χ4v) is 4.41. The molecular weight excluding hydrogens is 454 g/mol. The van der Waals surface area contributed by atoms with E-state index < -0.39 is 0 Å². The number of nitrogens with zero attached hydrogens (tertiary/aromatic N) is 3. The lowest BCUT2D eigenvalue weighted by Gasteiger charge is -2.10. The van der Waals surface area contributed by atoms with Crippen molar-refractivity contribution in [2.24, 2.45) is 5.10 Å². The third kappa shape index (κ3) is 3.49. The molecule has 0 fully saturated rings. The molecule has 0 saturated carbocycles. The topological polar surface area (TPSA) is 78.8 Å². The summed E-state index contributed by atoms with van der Waals surface area (Å²) >= 11 is 0. The predicted molar refractivity (Wildman–Crippen MR) is 141 cm³/mol. The van der Waals surface area contributed by atoms with Crippen molar-refractivity contribution in [3.05, 3.63) is 101 Å². The SMILES string of the molecule is COc1ccc2ccccc2c1C=Nn1c(-c2cc3c(OC)cccc3o2)nc2ccccc2c1=O. The molecule has 0 radical (unpaired) electrons. The molecule has 0 bridgehead atoms. The van der Waals surface area contributed by atoms with Gasteiger partial charge >= 0.3 is 0 Å². The smallest absolute Gasteiger partial charge is 0.282 e. The van der Waals surface area contributed by atoms with Gasteiger partial charge in [0, 0.05) is 5.56 Å². The van der Waals surface area contributed by atoms with Gasteiger partial charge in [-0.2, -0.15) is 9.78 Å². The molecule has 2 heterocycles. The van der Waals surface area contributed by atoms with E-state index in [-0.39, 0.29) is 11.4 Å². The first kappa shape index (κ1) is 21.6. The van der Waals surface area contributed by atoms with Crippen molar-refractivity contribution in [1.29, 1.82) is 0 Å². The first-order valence-electron chi connectivity index (χ1n) is 11.4. The zero-order valence-corrected chi connectivity index (χ0v) is 19.6. The number of para-hydroxylation sites is 1. The monoisotopic (exact) mass is 475 g/mol. The van der Waals surface area contributed by atoms with Crippen molar-refractivity contribution in [2.45, 2.75) is 0 Å². The van der Waals surface area contributed by atoms with E-state index in [4.69, 9.17) is 18.9 Å². The van der Waals surface area contributed by atoms with Crippen LogP contribution in [-0.4, -0.2) is 30.1 Å². The lowest BCUT2D eigenvalue weighted by atomic mass is 10.0. The van der Waals surface area contributed by atoms with Crippen LogP contribution in [0.25, 0.3) is 44.2 Å². The standard InChI is InChI=1S/C29H21N3O4/c1-34-24-12-7-13-26-21(24)16-27(36-26)28-31-23-11-6-5-10-20(23)29(33)32(28)30-17-22-19-9-4-3-8-18(19)14-15-25(22)35-2/h3-17H,1-2H3. The lowest BCUT2D eigenvalue weighted by Crippen LogP contribution is -2.20. The number of rotatable bonds is 5. The van der Waals surface area contributed by atoms with Gasteiger partial charge in [-0.25, -0.2) is 4.98 Å². The Kier molecular flexibility index (Phi) is 5.22. The Morgan fingerprint density at radius 2 is 1.61 bits per heavy atom. The van der Waals surface area contributed by atoms with Crippen molar-refractivity contribution in [1.82, 2.24) is 9.66 Å². The maximum absolute atomic E-state index is 13.6. The van der Waals surface area contributed by atoms with Crippen LogP contribution in [0.15, 0.2) is 99.2 Å². The van der Waals surface area contributed by atoms with E-state index in [1.165, 1.54) is 4.68 Å². The maximum atomic E-state index is 13.6. The molecule has 0 saturated heterocycles. The molecule has 2 aromatic heterocycles. The molecule has 4 aromatic carbocycles. The van der Waals surface area contributed by atoms with E-state index >= 15 is 0 Å². The summed E-state index contributed by atoms with van der Waals surface area (Å²) in [5, 5.41) is 7.85. The molecule has 0 atom stereocenters. The van der Waals surface area contributed by atoms with Gasteiger partial charge in [-0.3, -0.25) is 4.79 Å². The molecule has 7 heteroatoms. The van der Waals surface area contributed by atoms with Crippen molar-refractivity contribution in [3.8, 4) is 23.1 Å². The average molecular weight is 476 g/mol. The van der Waals surface area contributed by atoms with Gasteiger partial charge in [-0.05, 0) is 47.2 Å². The van der Waals surface area contributed by atoms with Gasteiger partial charge in [-0.1, -0.05) is 48.5 Å². The van der Waals surface area contributed by atoms with E-state index in [1.807, 2.05) is 66.7 Å². The zero-order valence-electron chi connectivity index (χ0n) is 19.6. The Bertz CT molecular complexity index is 1850. The van der Waals surface area contributed by atoms with E-state index in [2.05, 4.69) is 5.10 Å². The largest absolute Gasteiger partial charge is 0.496 e.